The first-order valence-corrected chi connectivity index (χ1v) is 5.96. The molecule has 0 aromatic carbocycles. The summed E-state index contributed by atoms with van der Waals surface area (Å²) in [5.74, 6) is 0. The van der Waals surface area contributed by atoms with Crippen LogP contribution in [0.1, 0.15) is 11.8 Å². The van der Waals surface area contributed by atoms with Crippen LogP contribution in [0.25, 0.3) is 0 Å². The molecule has 0 saturated heterocycles. The minimum absolute atomic E-state index is 0.795. The van der Waals surface area contributed by atoms with Crippen LogP contribution in [-0.4, -0.2) is 19.8 Å². The monoisotopic (exact) mass is 263 g/mol. The fourth-order valence-electron chi connectivity index (χ4n) is 0.947. The summed E-state index contributed by atoms with van der Waals surface area (Å²) in [6, 6.07) is 4.20. The maximum absolute atomic E-state index is 5.21. The Morgan fingerprint density at radius 2 is 2.38 bits per heavy atom. The molecule has 0 bridgehead atoms. The summed E-state index contributed by atoms with van der Waals surface area (Å²) in [6.45, 7) is 5.46. The molecule has 0 saturated carbocycles. The van der Waals surface area contributed by atoms with Gasteiger partial charge < -0.3 is 10.1 Å². The lowest BCUT2D eigenvalue weighted by molar-refractivity contribution is 0.149. The molecule has 1 aromatic heterocycles. The van der Waals surface area contributed by atoms with E-state index in [1.165, 1.54) is 8.66 Å². The Morgan fingerprint density at radius 3 is 3.00 bits per heavy atom. The highest BCUT2D eigenvalue weighted by molar-refractivity contribution is 9.11. The van der Waals surface area contributed by atoms with E-state index in [0.29, 0.717) is 0 Å². The van der Waals surface area contributed by atoms with Gasteiger partial charge in [-0.25, -0.2) is 0 Å². The van der Waals surface area contributed by atoms with Crippen LogP contribution in [0.15, 0.2) is 15.9 Å². The first-order valence-electron chi connectivity index (χ1n) is 4.35. The van der Waals surface area contributed by atoms with Gasteiger partial charge >= 0.3 is 0 Å². The van der Waals surface area contributed by atoms with Gasteiger partial charge in [-0.1, -0.05) is 0 Å². The van der Waals surface area contributed by atoms with Gasteiger partial charge in [0.25, 0.3) is 0 Å². The number of rotatable bonds is 6. The largest absolute Gasteiger partial charge is 0.380 e. The second kappa shape index (κ2) is 6.54. The molecule has 1 heterocycles. The highest BCUT2D eigenvalue weighted by Crippen LogP contribution is 2.21. The van der Waals surface area contributed by atoms with Gasteiger partial charge in [0.15, 0.2) is 0 Å². The van der Waals surface area contributed by atoms with Gasteiger partial charge in [0.05, 0.1) is 10.4 Å². The SMILES string of the molecule is CCOCCNCc1ccc(Br)s1. The number of thiophene rings is 1. The van der Waals surface area contributed by atoms with Crippen LogP contribution in [0.5, 0.6) is 0 Å². The van der Waals surface area contributed by atoms with E-state index in [1.807, 2.05) is 6.92 Å². The van der Waals surface area contributed by atoms with Crippen molar-refractivity contribution in [2.75, 3.05) is 19.8 Å². The predicted octanol–water partition coefficient (Wildman–Crippen LogP) is 2.64. The number of hydrogen-bond acceptors (Lipinski definition) is 3. The van der Waals surface area contributed by atoms with Crippen molar-refractivity contribution in [3.8, 4) is 0 Å². The van der Waals surface area contributed by atoms with Crippen LogP contribution in [0.3, 0.4) is 0 Å². The number of hydrogen-bond donors (Lipinski definition) is 1. The first kappa shape index (κ1) is 11.2. The van der Waals surface area contributed by atoms with E-state index >= 15 is 0 Å². The molecule has 4 heteroatoms. The van der Waals surface area contributed by atoms with E-state index in [9.17, 15) is 0 Å². The Hall–Kier alpha value is 0.1000. The number of ether oxygens (including phenoxy) is 1. The van der Waals surface area contributed by atoms with Crippen LogP contribution in [0.2, 0.25) is 0 Å². The molecule has 0 fully saturated rings. The van der Waals surface area contributed by atoms with Crippen molar-refractivity contribution >= 4 is 27.3 Å². The van der Waals surface area contributed by atoms with Crippen LogP contribution < -0.4 is 5.32 Å². The van der Waals surface area contributed by atoms with Crippen molar-refractivity contribution < 1.29 is 4.74 Å². The van der Waals surface area contributed by atoms with Crippen molar-refractivity contribution in [2.45, 2.75) is 13.5 Å². The summed E-state index contributed by atoms with van der Waals surface area (Å²) in [5, 5.41) is 3.31. The zero-order chi connectivity index (χ0) is 9.52. The molecule has 0 unspecified atom stereocenters. The third-order valence-corrected chi connectivity index (χ3v) is 3.18. The van der Waals surface area contributed by atoms with Crippen molar-refractivity contribution in [1.82, 2.24) is 5.32 Å². The lowest BCUT2D eigenvalue weighted by Gasteiger charge is -2.02. The molecule has 0 atom stereocenters. The average molecular weight is 264 g/mol. The van der Waals surface area contributed by atoms with Crippen LogP contribution in [0, 0.1) is 0 Å². The summed E-state index contributed by atoms with van der Waals surface area (Å²) in [4.78, 5) is 1.35. The standard InChI is InChI=1S/C9H14BrNOS/c1-2-12-6-5-11-7-8-3-4-9(10)13-8/h3-4,11H,2,5-7H2,1H3. The highest BCUT2D eigenvalue weighted by atomic mass is 79.9. The molecule has 0 aliphatic heterocycles. The lowest BCUT2D eigenvalue weighted by atomic mass is 10.4. The molecule has 1 N–H and O–H groups in total. The molecule has 74 valence electrons. The Labute approximate surface area is 91.4 Å². The highest BCUT2D eigenvalue weighted by Gasteiger charge is 1.95. The van der Waals surface area contributed by atoms with Gasteiger partial charge in [-0.15, -0.1) is 11.3 Å². The van der Waals surface area contributed by atoms with E-state index in [2.05, 4.69) is 33.4 Å². The normalized spacial score (nSPS) is 10.6. The molecule has 0 radical (unpaired) electrons. The Morgan fingerprint density at radius 1 is 1.54 bits per heavy atom. The fraction of sp³-hybridized carbons (Fsp3) is 0.556. The van der Waals surface area contributed by atoms with Crippen LogP contribution >= 0.6 is 27.3 Å². The molecule has 0 spiro atoms. The zero-order valence-electron chi connectivity index (χ0n) is 7.68. The minimum atomic E-state index is 0.795. The average Bonchev–Trinajstić information content (AvgIpc) is 2.51. The van der Waals surface area contributed by atoms with E-state index in [1.54, 1.807) is 11.3 Å². The summed E-state index contributed by atoms with van der Waals surface area (Å²) in [7, 11) is 0. The Bertz CT molecular complexity index is 239. The van der Waals surface area contributed by atoms with Gasteiger partial charge in [-0.2, -0.15) is 0 Å². The topological polar surface area (TPSA) is 21.3 Å². The molecule has 0 amide bonds. The summed E-state index contributed by atoms with van der Waals surface area (Å²) in [5.41, 5.74) is 0. The van der Waals surface area contributed by atoms with Crippen molar-refractivity contribution in [3.63, 3.8) is 0 Å². The van der Waals surface area contributed by atoms with Crippen LogP contribution in [0.4, 0.5) is 0 Å². The molecule has 0 aliphatic rings. The Kier molecular flexibility index (Phi) is 5.62. The molecule has 1 rings (SSSR count). The van der Waals surface area contributed by atoms with Gasteiger partial charge in [-0.05, 0) is 35.0 Å². The maximum Gasteiger partial charge on any atom is 0.0701 e. The van der Waals surface area contributed by atoms with Crippen molar-refractivity contribution in [1.29, 1.82) is 0 Å². The van der Waals surface area contributed by atoms with Gasteiger partial charge in [0, 0.05) is 24.6 Å². The minimum Gasteiger partial charge on any atom is -0.380 e. The molecular weight excluding hydrogens is 250 g/mol. The van der Waals surface area contributed by atoms with Gasteiger partial charge in [0.1, 0.15) is 0 Å². The predicted molar refractivity (Wildman–Crippen MR) is 60.2 cm³/mol. The maximum atomic E-state index is 5.21. The summed E-state index contributed by atoms with van der Waals surface area (Å²) < 4.78 is 6.40. The first-order chi connectivity index (χ1) is 6.33. The van der Waals surface area contributed by atoms with Crippen LogP contribution in [-0.2, 0) is 11.3 Å². The van der Waals surface area contributed by atoms with E-state index < -0.39 is 0 Å². The molecule has 0 aliphatic carbocycles. The van der Waals surface area contributed by atoms with E-state index in [-0.39, 0.29) is 0 Å². The third-order valence-electron chi connectivity index (χ3n) is 1.56. The number of nitrogens with one attached hydrogen (secondary N) is 1. The summed E-state index contributed by atoms with van der Waals surface area (Å²) >= 11 is 5.20. The molecule has 1 aromatic rings. The van der Waals surface area contributed by atoms with Crippen molar-refractivity contribution in [2.24, 2.45) is 0 Å². The molecule has 13 heavy (non-hydrogen) atoms. The third kappa shape index (κ3) is 4.76. The van der Waals surface area contributed by atoms with Gasteiger partial charge in [0.2, 0.25) is 0 Å². The second-order valence-corrected chi connectivity index (χ2v) is 5.13. The van der Waals surface area contributed by atoms with E-state index in [4.69, 9.17) is 4.74 Å². The second-order valence-electron chi connectivity index (χ2n) is 2.58. The zero-order valence-corrected chi connectivity index (χ0v) is 10.1. The smallest absolute Gasteiger partial charge is 0.0701 e. The quantitative estimate of drug-likeness (QED) is 0.797. The Balaban J connectivity index is 2.06. The molecular formula is C9H14BrNOS. The summed E-state index contributed by atoms with van der Waals surface area (Å²) in [6.07, 6.45) is 0. The van der Waals surface area contributed by atoms with Gasteiger partial charge in [-0.3, -0.25) is 0 Å². The number of halogens is 1. The lowest BCUT2D eigenvalue weighted by Crippen LogP contribution is -2.18. The van der Waals surface area contributed by atoms with E-state index in [0.717, 1.165) is 26.3 Å². The fourth-order valence-corrected chi connectivity index (χ4v) is 2.40. The van der Waals surface area contributed by atoms with Crippen molar-refractivity contribution in [3.05, 3.63) is 20.8 Å². The molecule has 2 nitrogen and oxygen atoms in total.